The fraction of sp³-hybridized carbons (Fsp3) is 0.429. The summed E-state index contributed by atoms with van der Waals surface area (Å²) in [4.78, 5) is 22.2. The first-order valence-corrected chi connectivity index (χ1v) is 6.59. The summed E-state index contributed by atoms with van der Waals surface area (Å²) in [7, 11) is 0. The van der Waals surface area contributed by atoms with Crippen LogP contribution < -0.4 is 4.74 Å². The minimum atomic E-state index is -0.901. The van der Waals surface area contributed by atoms with Crippen molar-refractivity contribution in [2.75, 3.05) is 6.61 Å². The second-order valence-corrected chi connectivity index (χ2v) is 4.57. The van der Waals surface area contributed by atoms with Crippen LogP contribution in [0.4, 0.5) is 0 Å². The largest absolute Gasteiger partial charge is 0.494 e. The van der Waals surface area contributed by atoms with E-state index in [0.717, 1.165) is 6.42 Å². The van der Waals surface area contributed by atoms with Crippen LogP contribution in [-0.2, 0) is 4.79 Å². The van der Waals surface area contributed by atoms with Gasteiger partial charge in [-0.25, -0.2) is 0 Å². The van der Waals surface area contributed by atoms with Gasteiger partial charge in [0.2, 0.25) is 0 Å². The number of hydrogen-bond donors (Lipinski definition) is 1. The number of benzene rings is 1. The Labute approximate surface area is 117 Å². The number of carbonyl (C=O) groups excluding carboxylic acids is 1. The third kappa shape index (κ3) is 5.30. The molecule has 0 saturated heterocycles. The second-order valence-electron chi connectivity index (χ2n) is 4.16. The van der Waals surface area contributed by atoms with Gasteiger partial charge in [-0.15, -0.1) is 0 Å². The summed E-state index contributed by atoms with van der Waals surface area (Å²) in [5.74, 6) is -0.413. The van der Waals surface area contributed by atoms with E-state index in [4.69, 9.17) is 21.4 Å². The first-order chi connectivity index (χ1) is 9.04. The van der Waals surface area contributed by atoms with Gasteiger partial charge in [-0.2, -0.15) is 0 Å². The fourth-order valence-electron chi connectivity index (χ4n) is 1.57. The van der Waals surface area contributed by atoms with E-state index in [1.54, 1.807) is 18.2 Å². The highest BCUT2D eigenvalue weighted by Crippen LogP contribution is 2.24. The summed E-state index contributed by atoms with van der Waals surface area (Å²) >= 11 is 6.03. The molecule has 0 spiro atoms. The van der Waals surface area contributed by atoms with E-state index in [1.165, 1.54) is 0 Å². The van der Waals surface area contributed by atoms with Crippen LogP contribution in [0.25, 0.3) is 0 Å². The summed E-state index contributed by atoms with van der Waals surface area (Å²) in [6.07, 6.45) is 1.38. The number of aliphatic carboxylic acids is 1. The number of rotatable bonds is 8. The van der Waals surface area contributed by atoms with Gasteiger partial charge in [0.05, 0.1) is 11.6 Å². The molecule has 0 saturated carbocycles. The molecule has 0 bridgehead atoms. The van der Waals surface area contributed by atoms with E-state index in [9.17, 15) is 9.59 Å². The van der Waals surface area contributed by atoms with Gasteiger partial charge in [0.15, 0.2) is 5.78 Å². The molecule has 0 aromatic heterocycles. The van der Waals surface area contributed by atoms with Crippen molar-refractivity contribution in [2.45, 2.75) is 32.6 Å². The van der Waals surface area contributed by atoms with Crippen molar-refractivity contribution in [3.05, 3.63) is 28.8 Å². The average molecular weight is 285 g/mol. The van der Waals surface area contributed by atoms with Gasteiger partial charge in [0, 0.05) is 18.4 Å². The van der Waals surface area contributed by atoms with Gasteiger partial charge in [-0.05, 0) is 31.0 Å². The Hall–Kier alpha value is -1.55. The van der Waals surface area contributed by atoms with Crippen molar-refractivity contribution in [2.24, 2.45) is 0 Å². The zero-order valence-corrected chi connectivity index (χ0v) is 11.6. The maximum atomic E-state index is 11.9. The van der Waals surface area contributed by atoms with Crippen molar-refractivity contribution >= 4 is 23.4 Å². The molecule has 0 radical (unpaired) electrons. The Bertz CT molecular complexity index is 457. The van der Waals surface area contributed by atoms with E-state index in [0.29, 0.717) is 29.4 Å². The lowest BCUT2D eigenvalue weighted by Gasteiger charge is -2.07. The Balaban J connectivity index is 2.62. The van der Waals surface area contributed by atoms with Crippen LogP contribution in [0.2, 0.25) is 5.02 Å². The summed E-state index contributed by atoms with van der Waals surface area (Å²) in [6, 6.07) is 4.93. The fourth-order valence-corrected chi connectivity index (χ4v) is 1.84. The maximum absolute atomic E-state index is 11.9. The molecule has 0 fully saturated rings. The third-order valence-corrected chi connectivity index (χ3v) is 2.82. The molecule has 0 aliphatic heterocycles. The Morgan fingerprint density at radius 1 is 1.32 bits per heavy atom. The Morgan fingerprint density at radius 3 is 2.63 bits per heavy atom. The van der Waals surface area contributed by atoms with E-state index >= 15 is 0 Å². The number of ketones is 1. The smallest absolute Gasteiger partial charge is 0.303 e. The standard InChI is InChI=1S/C14H17ClO4/c1-2-8-19-10-6-7-11(12(15)9-10)13(16)4-3-5-14(17)18/h6-7,9H,2-5,8H2,1H3,(H,17,18). The molecule has 1 rings (SSSR count). The topological polar surface area (TPSA) is 63.6 Å². The summed E-state index contributed by atoms with van der Waals surface area (Å²) in [5, 5.41) is 8.86. The number of carboxylic acids is 1. The monoisotopic (exact) mass is 284 g/mol. The quantitative estimate of drug-likeness (QED) is 0.741. The van der Waals surface area contributed by atoms with E-state index < -0.39 is 5.97 Å². The zero-order valence-electron chi connectivity index (χ0n) is 10.8. The molecule has 1 N–H and O–H groups in total. The first-order valence-electron chi connectivity index (χ1n) is 6.22. The van der Waals surface area contributed by atoms with Crippen LogP contribution in [0.15, 0.2) is 18.2 Å². The molecule has 1 aromatic carbocycles. The van der Waals surface area contributed by atoms with Crippen molar-refractivity contribution in [3.8, 4) is 5.75 Å². The van der Waals surface area contributed by atoms with Crippen molar-refractivity contribution in [3.63, 3.8) is 0 Å². The van der Waals surface area contributed by atoms with Gasteiger partial charge in [-0.1, -0.05) is 18.5 Å². The normalized spacial score (nSPS) is 10.2. The van der Waals surface area contributed by atoms with Gasteiger partial charge in [0.25, 0.3) is 0 Å². The van der Waals surface area contributed by atoms with Crippen LogP contribution in [0.5, 0.6) is 5.75 Å². The molecular formula is C14H17ClO4. The number of carboxylic acid groups (broad SMARTS) is 1. The predicted molar refractivity (Wildman–Crippen MR) is 73.1 cm³/mol. The number of halogens is 1. The first kappa shape index (κ1) is 15.5. The van der Waals surface area contributed by atoms with Gasteiger partial charge >= 0.3 is 5.97 Å². The minimum Gasteiger partial charge on any atom is -0.494 e. The molecule has 19 heavy (non-hydrogen) atoms. The van der Waals surface area contributed by atoms with Crippen molar-refractivity contribution < 1.29 is 19.4 Å². The second kappa shape index (κ2) is 7.79. The molecule has 0 amide bonds. The summed E-state index contributed by atoms with van der Waals surface area (Å²) < 4.78 is 5.41. The van der Waals surface area contributed by atoms with E-state index in [1.807, 2.05) is 6.92 Å². The Kier molecular flexibility index (Phi) is 6.36. The van der Waals surface area contributed by atoms with Crippen LogP contribution in [-0.4, -0.2) is 23.5 Å². The highest BCUT2D eigenvalue weighted by Gasteiger charge is 2.12. The van der Waals surface area contributed by atoms with Gasteiger partial charge < -0.3 is 9.84 Å². The highest BCUT2D eigenvalue weighted by molar-refractivity contribution is 6.34. The molecule has 4 nitrogen and oxygen atoms in total. The number of carbonyl (C=O) groups is 2. The molecule has 0 unspecified atom stereocenters. The summed E-state index contributed by atoms with van der Waals surface area (Å²) in [6.45, 7) is 2.60. The lowest BCUT2D eigenvalue weighted by atomic mass is 10.1. The molecule has 1 aromatic rings. The van der Waals surface area contributed by atoms with Crippen LogP contribution in [0, 0.1) is 0 Å². The predicted octanol–water partition coefficient (Wildman–Crippen LogP) is 3.57. The zero-order chi connectivity index (χ0) is 14.3. The SMILES string of the molecule is CCCOc1ccc(C(=O)CCCC(=O)O)c(Cl)c1. The lowest BCUT2D eigenvalue weighted by molar-refractivity contribution is -0.137. The molecular weight excluding hydrogens is 268 g/mol. The maximum Gasteiger partial charge on any atom is 0.303 e. The number of Topliss-reactive ketones (excluding diaryl/α,β-unsaturated/α-hetero) is 1. The number of ether oxygens (including phenoxy) is 1. The van der Waals surface area contributed by atoms with E-state index in [-0.39, 0.29) is 18.6 Å². The molecule has 0 heterocycles. The third-order valence-electron chi connectivity index (χ3n) is 2.51. The lowest BCUT2D eigenvalue weighted by Crippen LogP contribution is -2.03. The average Bonchev–Trinajstić information content (AvgIpc) is 2.35. The highest BCUT2D eigenvalue weighted by atomic mass is 35.5. The van der Waals surface area contributed by atoms with Gasteiger partial charge in [0.1, 0.15) is 5.75 Å². The van der Waals surface area contributed by atoms with Crippen LogP contribution in [0.1, 0.15) is 43.0 Å². The summed E-state index contributed by atoms with van der Waals surface area (Å²) in [5.41, 5.74) is 0.413. The molecule has 104 valence electrons. The van der Waals surface area contributed by atoms with Crippen molar-refractivity contribution in [1.29, 1.82) is 0 Å². The number of hydrogen-bond acceptors (Lipinski definition) is 3. The molecule has 0 aliphatic carbocycles. The van der Waals surface area contributed by atoms with Gasteiger partial charge in [-0.3, -0.25) is 9.59 Å². The van der Waals surface area contributed by atoms with E-state index in [2.05, 4.69) is 0 Å². The molecule has 0 aliphatic rings. The molecule has 0 atom stereocenters. The van der Waals surface area contributed by atoms with Crippen LogP contribution >= 0.6 is 11.6 Å². The van der Waals surface area contributed by atoms with Crippen LogP contribution in [0.3, 0.4) is 0 Å². The Morgan fingerprint density at radius 2 is 2.05 bits per heavy atom. The minimum absolute atomic E-state index is 0.0128. The molecule has 5 heteroatoms. The van der Waals surface area contributed by atoms with Crippen molar-refractivity contribution in [1.82, 2.24) is 0 Å².